The van der Waals surface area contributed by atoms with Gasteiger partial charge in [-0.15, -0.1) is 11.3 Å². The van der Waals surface area contributed by atoms with Gasteiger partial charge in [0.1, 0.15) is 0 Å². The third kappa shape index (κ3) is 2.81. The molecule has 1 atom stereocenters. The van der Waals surface area contributed by atoms with Crippen molar-refractivity contribution in [2.24, 2.45) is 0 Å². The normalized spacial score (nSPS) is 13.6. The Morgan fingerprint density at radius 1 is 0.833 bits per heavy atom. The highest BCUT2D eigenvalue weighted by Crippen LogP contribution is 2.36. The maximum absolute atomic E-state index is 13.2. The van der Waals surface area contributed by atoms with Gasteiger partial charge in [0, 0.05) is 32.0 Å². The SMILES string of the molecule is O=C1c2ccccc2C(=O)c2c(NC(C(=O)O)c3cc4ccccc4s3)cccc21. The van der Waals surface area contributed by atoms with Gasteiger partial charge >= 0.3 is 5.97 Å². The number of anilines is 1. The summed E-state index contributed by atoms with van der Waals surface area (Å²) >= 11 is 1.39. The molecule has 0 radical (unpaired) electrons. The Labute approximate surface area is 175 Å². The molecule has 0 saturated heterocycles. The number of carbonyl (C=O) groups excluding carboxylic acids is 2. The van der Waals surface area contributed by atoms with Gasteiger partial charge < -0.3 is 10.4 Å². The Morgan fingerprint density at radius 3 is 2.23 bits per heavy atom. The van der Waals surface area contributed by atoms with Gasteiger partial charge in [-0.1, -0.05) is 54.6 Å². The third-order valence-corrected chi connectivity index (χ3v) is 6.41. The molecule has 0 saturated carbocycles. The number of hydrogen-bond donors (Lipinski definition) is 2. The number of thiophene rings is 1. The van der Waals surface area contributed by atoms with Crippen LogP contribution in [0.5, 0.6) is 0 Å². The molecule has 0 aliphatic heterocycles. The average molecular weight is 413 g/mol. The summed E-state index contributed by atoms with van der Waals surface area (Å²) in [6, 6.07) is 20.0. The summed E-state index contributed by atoms with van der Waals surface area (Å²) in [5.41, 5.74) is 1.53. The molecule has 6 heteroatoms. The van der Waals surface area contributed by atoms with Gasteiger partial charge in [-0.2, -0.15) is 0 Å². The fraction of sp³-hybridized carbons (Fsp3) is 0.0417. The van der Waals surface area contributed by atoms with E-state index in [2.05, 4.69) is 5.32 Å². The number of rotatable bonds is 4. The van der Waals surface area contributed by atoms with Crippen LogP contribution in [-0.4, -0.2) is 22.6 Å². The van der Waals surface area contributed by atoms with Gasteiger partial charge in [0.2, 0.25) is 0 Å². The van der Waals surface area contributed by atoms with Crippen molar-refractivity contribution in [1.29, 1.82) is 0 Å². The van der Waals surface area contributed by atoms with Crippen LogP contribution in [-0.2, 0) is 4.79 Å². The lowest BCUT2D eigenvalue weighted by Gasteiger charge is -2.22. The van der Waals surface area contributed by atoms with Crippen molar-refractivity contribution in [2.45, 2.75) is 6.04 Å². The Kier molecular flexibility index (Phi) is 4.22. The van der Waals surface area contributed by atoms with Crippen LogP contribution in [0.3, 0.4) is 0 Å². The standard InChI is InChI=1S/C24H15NO4S/c26-22-14-7-2-3-8-15(14)23(27)20-16(22)9-5-10-17(20)25-21(24(28)29)19-12-13-6-1-4-11-18(13)30-19/h1-12,21,25H,(H,28,29). The fourth-order valence-electron chi connectivity index (χ4n) is 3.82. The van der Waals surface area contributed by atoms with E-state index in [1.807, 2.05) is 30.3 Å². The fourth-order valence-corrected chi connectivity index (χ4v) is 4.93. The van der Waals surface area contributed by atoms with Crippen LogP contribution in [0, 0.1) is 0 Å². The molecule has 1 aliphatic rings. The first-order valence-electron chi connectivity index (χ1n) is 9.34. The molecular formula is C24H15NO4S. The summed E-state index contributed by atoms with van der Waals surface area (Å²) < 4.78 is 0.982. The van der Waals surface area contributed by atoms with Gasteiger partial charge in [-0.25, -0.2) is 4.79 Å². The highest BCUT2D eigenvalue weighted by Gasteiger charge is 2.33. The average Bonchev–Trinajstić information content (AvgIpc) is 3.19. The number of hydrogen-bond acceptors (Lipinski definition) is 5. The summed E-state index contributed by atoms with van der Waals surface area (Å²) in [7, 11) is 0. The lowest BCUT2D eigenvalue weighted by Crippen LogP contribution is -2.25. The van der Waals surface area contributed by atoms with Gasteiger partial charge in [0.15, 0.2) is 17.6 Å². The van der Waals surface area contributed by atoms with Gasteiger partial charge in [0.05, 0.1) is 5.56 Å². The molecule has 4 aromatic rings. The second kappa shape index (κ2) is 6.93. The molecule has 1 heterocycles. The molecule has 5 nitrogen and oxygen atoms in total. The second-order valence-corrected chi connectivity index (χ2v) is 8.15. The molecule has 0 spiro atoms. The van der Waals surface area contributed by atoms with Crippen LogP contribution in [0.2, 0.25) is 0 Å². The van der Waals surface area contributed by atoms with Crippen molar-refractivity contribution < 1.29 is 19.5 Å². The maximum Gasteiger partial charge on any atom is 0.331 e. The minimum atomic E-state index is -1.06. The summed E-state index contributed by atoms with van der Waals surface area (Å²) in [6.07, 6.45) is 0. The van der Waals surface area contributed by atoms with Gasteiger partial charge in [0.25, 0.3) is 0 Å². The number of nitrogens with one attached hydrogen (secondary N) is 1. The van der Waals surface area contributed by atoms with Gasteiger partial charge in [-0.3, -0.25) is 9.59 Å². The Hall–Kier alpha value is -3.77. The molecule has 5 rings (SSSR count). The van der Waals surface area contributed by atoms with Crippen molar-refractivity contribution in [3.05, 3.63) is 99.9 Å². The van der Waals surface area contributed by atoms with Crippen molar-refractivity contribution in [2.75, 3.05) is 5.32 Å². The van der Waals surface area contributed by atoms with Crippen LogP contribution in [0.15, 0.2) is 72.8 Å². The smallest absolute Gasteiger partial charge is 0.331 e. The predicted octanol–water partition coefficient (Wildman–Crippen LogP) is 4.91. The first-order valence-corrected chi connectivity index (χ1v) is 10.2. The minimum Gasteiger partial charge on any atom is -0.479 e. The lowest BCUT2D eigenvalue weighted by molar-refractivity contribution is -0.138. The molecular weight excluding hydrogens is 398 g/mol. The quantitative estimate of drug-likeness (QED) is 0.437. The van der Waals surface area contributed by atoms with Crippen molar-refractivity contribution in [3.8, 4) is 0 Å². The number of carboxylic acids is 1. The Bertz CT molecular complexity index is 1320. The molecule has 1 aliphatic carbocycles. The number of aliphatic carboxylic acids is 1. The van der Waals surface area contributed by atoms with E-state index in [1.54, 1.807) is 42.5 Å². The number of ketones is 2. The van der Waals surface area contributed by atoms with E-state index in [4.69, 9.17) is 0 Å². The van der Waals surface area contributed by atoms with E-state index in [0.29, 0.717) is 21.7 Å². The number of benzene rings is 3. The van der Waals surface area contributed by atoms with Crippen molar-refractivity contribution in [1.82, 2.24) is 0 Å². The summed E-state index contributed by atoms with van der Waals surface area (Å²) in [5.74, 6) is -1.59. The topological polar surface area (TPSA) is 83.5 Å². The van der Waals surface area contributed by atoms with Crippen LogP contribution in [0.1, 0.15) is 42.8 Å². The monoisotopic (exact) mass is 413 g/mol. The number of carbonyl (C=O) groups is 3. The van der Waals surface area contributed by atoms with Crippen LogP contribution in [0.25, 0.3) is 10.1 Å². The Balaban J connectivity index is 1.60. The van der Waals surface area contributed by atoms with Crippen LogP contribution < -0.4 is 5.32 Å². The summed E-state index contributed by atoms with van der Waals surface area (Å²) in [4.78, 5) is 38.8. The number of carboxylic acid groups (broad SMARTS) is 1. The molecule has 3 aromatic carbocycles. The maximum atomic E-state index is 13.2. The number of fused-ring (bicyclic) bond motifs is 3. The van der Waals surface area contributed by atoms with Gasteiger partial charge in [-0.05, 0) is 23.6 Å². The molecule has 1 aromatic heterocycles. The van der Waals surface area contributed by atoms with Crippen LogP contribution >= 0.6 is 11.3 Å². The van der Waals surface area contributed by atoms with E-state index in [9.17, 15) is 19.5 Å². The molecule has 0 bridgehead atoms. The zero-order valence-corrected chi connectivity index (χ0v) is 16.4. The second-order valence-electron chi connectivity index (χ2n) is 7.03. The summed E-state index contributed by atoms with van der Waals surface area (Å²) in [5, 5.41) is 13.8. The minimum absolute atomic E-state index is 0.216. The zero-order valence-electron chi connectivity index (χ0n) is 15.6. The van der Waals surface area contributed by atoms with E-state index in [0.717, 1.165) is 10.1 Å². The molecule has 1 unspecified atom stereocenters. The Morgan fingerprint density at radius 2 is 1.50 bits per heavy atom. The van der Waals surface area contributed by atoms with E-state index < -0.39 is 12.0 Å². The third-order valence-electron chi connectivity index (χ3n) is 5.23. The zero-order chi connectivity index (χ0) is 20.8. The van der Waals surface area contributed by atoms with Crippen molar-refractivity contribution >= 4 is 44.6 Å². The van der Waals surface area contributed by atoms with Crippen LogP contribution in [0.4, 0.5) is 5.69 Å². The molecule has 0 amide bonds. The van der Waals surface area contributed by atoms with E-state index in [-0.39, 0.29) is 22.7 Å². The molecule has 30 heavy (non-hydrogen) atoms. The molecule has 2 N–H and O–H groups in total. The highest BCUT2D eigenvalue weighted by atomic mass is 32.1. The summed E-state index contributed by atoms with van der Waals surface area (Å²) in [6.45, 7) is 0. The first-order chi connectivity index (χ1) is 14.5. The lowest BCUT2D eigenvalue weighted by atomic mass is 9.83. The molecule has 146 valence electrons. The van der Waals surface area contributed by atoms with Crippen molar-refractivity contribution in [3.63, 3.8) is 0 Å². The molecule has 0 fully saturated rings. The van der Waals surface area contributed by atoms with E-state index in [1.165, 1.54) is 11.3 Å². The first kappa shape index (κ1) is 18.3. The largest absolute Gasteiger partial charge is 0.479 e. The highest BCUT2D eigenvalue weighted by molar-refractivity contribution is 7.19. The van der Waals surface area contributed by atoms with E-state index >= 15 is 0 Å². The predicted molar refractivity (Wildman–Crippen MR) is 116 cm³/mol.